The molecule has 6 aromatic rings. The Morgan fingerprint density at radius 3 is 1.41 bits per heavy atom. The molecule has 1 aliphatic rings. The highest BCUT2D eigenvalue weighted by Crippen LogP contribution is 2.32. The third-order valence-electron chi connectivity index (χ3n) is 7.46. The van der Waals surface area contributed by atoms with Gasteiger partial charge >= 0.3 is 11.4 Å². The number of fused-ring (bicyclic) bond motifs is 8. The number of nitro benzene ring substituents is 2. The Bertz CT molecular complexity index is 2230. The van der Waals surface area contributed by atoms with E-state index in [0.29, 0.717) is 44.4 Å². The number of phenolic OH excluding ortho intramolecular Hbond substituents is 2. The zero-order valence-corrected chi connectivity index (χ0v) is 22.7. The fourth-order valence-corrected chi connectivity index (χ4v) is 5.47. The topological polar surface area (TPSA) is 190 Å². The first-order chi connectivity index (χ1) is 21.2. The highest BCUT2D eigenvalue weighted by atomic mass is 16.6. The number of H-pyrrole nitrogens is 4. The Morgan fingerprint density at radius 1 is 0.523 bits per heavy atom. The summed E-state index contributed by atoms with van der Waals surface area (Å²) < 4.78 is 0. The standard InChI is InChI=1S/C32H22N6O6/c39-29-11-1-17(13-27(29)37(41)42)31-23-7-5-21(34-23)15-19-3-4-20(33-19)16-22-6-8-24(35-22)32(26-10-9-25(31)36-26)18-2-12-30(40)28(14-18)38(43)44/h1-16,33-36,39-40H. The second-order valence-electron chi connectivity index (χ2n) is 10.3. The lowest BCUT2D eigenvalue weighted by molar-refractivity contribution is -0.386. The molecule has 0 unspecified atom stereocenters. The normalized spacial score (nSPS) is 12.5. The Labute approximate surface area is 246 Å². The summed E-state index contributed by atoms with van der Waals surface area (Å²) in [4.78, 5) is 35.7. The van der Waals surface area contributed by atoms with Crippen molar-refractivity contribution < 1.29 is 20.1 Å². The maximum absolute atomic E-state index is 11.7. The monoisotopic (exact) mass is 586 g/mol. The third-order valence-corrected chi connectivity index (χ3v) is 7.46. The van der Waals surface area contributed by atoms with Crippen LogP contribution in [0.25, 0.3) is 23.3 Å². The Morgan fingerprint density at radius 2 is 0.977 bits per heavy atom. The summed E-state index contributed by atoms with van der Waals surface area (Å²) in [6.07, 6.45) is 3.88. The predicted molar refractivity (Wildman–Crippen MR) is 162 cm³/mol. The number of hydrogen-bond donors (Lipinski definition) is 6. The fourth-order valence-electron chi connectivity index (χ4n) is 5.47. The second-order valence-corrected chi connectivity index (χ2v) is 10.3. The van der Waals surface area contributed by atoms with Gasteiger partial charge in [-0.2, -0.15) is 0 Å². The molecule has 2 aromatic carbocycles. The van der Waals surface area contributed by atoms with Crippen molar-refractivity contribution >= 4 is 34.7 Å². The van der Waals surface area contributed by atoms with Gasteiger partial charge in [-0.05, 0) is 83.9 Å². The molecule has 0 atom stereocenters. The van der Waals surface area contributed by atoms with E-state index >= 15 is 0 Å². The molecule has 8 bridgehead atoms. The molecule has 0 spiro atoms. The minimum atomic E-state index is -0.644. The van der Waals surface area contributed by atoms with Crippen molar-refractivity contribution in [3.8, 4) is 11.5 Å². The summed E-state index contributed by atoms with van der Waals surface area (Å²) in [5.74, 6) is -0.904. The van der Waals surface area contributed by atoms with Crippen molar-refractivity contribution in [3.05, 3.63) is 160 Å². The van der Waals surface area contributed by atoms with Crippen LogP contribution in [0, 0.1) is 20.2 Å². The second kappa shape index (κ2) is 10.1. The molecule has 1 aliphatic heterocycles. The van der Waals surface area contributed by atoms with Crippen LogP contribution in [0.15, 0.2) is 84.9 Å². The largest absolute Gasteiger partial charge is 0.502 e. The number of rotatable bonds is 4. The van der Waals surface area contributed by atoms with Gasteiger partial charge in [-0.3, -0.25) is 20.2 Å². The van der Waals surface area contributed by atoms with Gasteiger partial charge in [-0.15, -0.1) is 0 Å². The van der Waals surface area contributed by atoms with E-state index in [2.05, 4.69) is 19.9 Å². The van der Waals surface area contributed by atoms with Crippen molar-refractivity contribution in [3.63, 3.8) is 0 Å². The van der Waals surface area contributed by atoms with Gasteiger partial charge in [-0.1, -0.05) is 12.1 Å². The molecule has 12 heteroatoms. The zero-order chi connectivity index (χ0) is 30.5. The number of phenols is 2. The minimum Gasteiger partial charge on any atom is -0.502 e. The third kappa shape index (κ3) is 4.61. The van der Waals surface area contributed by atoms with Gasteiger partial charge in [0, 0.05) is 67.5 Å². The van der Waals surface area contributed by atoms with E-state index in [9.17, 15) is 30.4 Å². The van der Waals surface area contributed by atoms with E-state index in [0.717, 1.165) is 22.1 Å². The number of aromatic amines is 4. The molecule has 216 valence electrons. The van der Waals surface area contributed by atoms with Crippen LogP contribution in [-0.4, -0.2) is 40.0 Å². The molecular formula is C32H22N6O6. The highest BCUT2D eigenvalue weighted by molar-refractivity contribution is 5.82. The molecule has 0 saturated heterocycles. The number of aromatic nitrogens is 4. The zero-order valence-electron chi connectivity index (χ0n) is 22.7. The summed E-state index contributed by atoms with van der Waals surface area (Å²) >= 11 is 0. The number of nitrogens with zero attached hydrogens (tertiary/aromatic N) is 2. The van der Waals surface area contributed by atoms with E-state index in [1.54, 1.807) is 12.1 Å². The molecule has 5 heterocycles. The number of hydrogen-bond acceptors (Lipinski definition) is 6. The first-order valence-electron chi connectivity index (χ1n) is 13.4. The van der Waals surface area contributed by atoms with Crippen LogP contribution in [0.2, 0.25) is 0 Å². The summed E-state index contributed by atoms with van der Waals surface area (Å²) in [6.45, 7) is 0. The molecule has 0 saturated carbocycles. The molecule has 44 heavy (non-hydrogen) atoms. The minimum absolute atomic E-state index is 0.440. The number of aromatic hydroxyl groups is 2. The molecule has 7 rings (SSSR count). The maximum atomic E-state index is 11.7. The first kappa shape index (κ1) is 26.3. The molecule has 6 N–H and O–H groups in total. The summed E-state index contributed by atoms with van der Waals surface area (Å²) in [5.41, 5.74) is 4.11. The van der Waals surface area contributed by atoms with Gasteiger partial charge in [0.15, 0.2) is 11.5 Å². The Kier molecular flexibility index (Phi) is 6.03. The highest BCUT2D eigenvalue weighted by Gasteiger charge is 2.20. The SMILES string of the molecule is O=[N+]([O-])c1cc(C2=c3ccc([nH]3)=C(c3ccc(O)c([N+](=O)[O-])c3)c3ccc([nH]3)C=c3ccc([nH]3)=Cc3ccc2[nH]3)ccc1O. The van der Waals surface area contributed by atoms with Crippen LogP contribution in [-0.2, 0) is 0 Å². The summed E-state index contributed by atoms with van der Waals surface area (Å²) in [7, 11) is 0. The number of nitrogens with one attached hydrogen (secondary N) is 4. The van der Waals surface area contributed by atoms with Crippen LogP contribution < -0.4 is 21.4 Å². The first-order valence-corrected chi connectivity index (χ1v) is 13.4. The molecule has 0 fully saturated rings. The van der Waals surface area contributed by atoms with Crippen LogP contribution in [0.5, 0.6) is 11.5 Å². The number of benzene rings is 2. The lowest BCUT2D eigenvalue weighted by Crippen LogP contribution is -2.18. The molecule has 0 amide bonds. The van der Waals surface area contributed by atoms with Crippen molar-refractivity contribution in [1.29, 1.82) is 0 Å². The Balaban J connectivity index is 1.60. The maximum Gasteiger partial charge on any atom is 0.311 e. The van der Waals surface area contributed by atoms with Gasteiger partial charge < -0.3 is 30.1 Å². The van der Waals surface area contributed by atoms with Gasteiger partial charge in [0.2, 0.25) is 0 Å². The van der Waals surface area contributed by atoms with E-state index in [4.69, 9.17) is 0 Å². The molecule has 12 nitrogen and oxygen atoms in total. The van der Waals surface area contributed by atoms with Gasteiger partial charge in [0.1, 0.15) is 0 Å². The number of nitro groups is 2. The summed E-state index contributed by atoms with van der Waals surface area (Å²) in [5, 5.41) is 46.6. The van der Waals surface area contributed by atoms with Crippen molar-refractivity contribution in [2.45, 2.75) is 0 Å². The lowest BCUT2D eigenvalue weighted by Gasteiger charge is -2.08. The van der Waals surface area contributed by atoms with E-state index in [-0.39, 0.29) is 0 Å². The quantitative estimate of drug-likeness (QED) is 0.136. The fraction of sp³-hybridized carbons (Fsp3) is 0. The average Bonchev–Trinajstić information content (AvgIpc) is 3.81. The van der Waals surface area contributed by atoms with Crippen molar-refractivity contribution in [2.24, 2.45) is 0 Å². The molecular weight excluding hydrogens is 564 g/mol. The lowest BCUT2D eigenvalue weighted by atomic mass is 10.0. The summed E-state index contributed by atoms with van der Waals surface area (Å²) in [6, 6.07) is 23.4. The van der Waals surface area contributed by atoms with Gasteiger partial charge in [0.25, 0.3) is 0 Å². The molecule has 4 aromatic heterocycles. The van der Waals surface area contributed by atoms with Crippen molar-refractivity contribution in [1.82, 2.24) is 19.9 Å². The Hall–Kier alpha value is -6.56. The van der Waals surface area contributed by atoms with Crippen LogP contribution in [0.3, 0.4) is 0 Å². The molecule has 0 radical (unpaired) electrons. The smallest absolute Gasteiger partial charge is 0.311 e. The van der Waals surface area contributed by atoms with Gasteiger partial charge in [-0.25, -0.2) is 0 Å². The van der Waals surface area contributed by atoms with E-state index in [1.807, 2.05) is 60.7 Å². The van der Waals surface area contributed by atoms with E-state index in [1.165, 1.54) is 24.3 Å². The van der Waals surface area contributed by atoms with Crippen LogP contribution in [0.4, 0.5) is 11.4 Å². The van der Waals surface area contributed by atoms with Gasteiger partial charge in [0.05, 0.1) is 9.85 Å². The predicted octanol–water partition coefficient (Wildman–Crippen LogP) is 2.69. The van der Waals surface area contributed by atoms with Crippen LogP contribution in [0.1, 0.15) is 33.9 Å². The molecule has 0 aliphatic carbocycles. The van der Waals surface area contributed by atoms with Crippen LogP contribution >= 0.6 is 0 Å². The van der Waals surface area contributed by atoms with Crippen molar-refractivity contribution in [2.75, 3.05) is 0 Å². The van der Waals surface area contributed by atoms with E-state index < -0.39 is 32.7 Å². The average molecular weight is 587 g/mol.